The van der Waals surface area contributed by atoms with Crippen molar-refractivity contribution in [2.24, 2.45) is 0 Å². The smallest absolute Gasteiger partial charge is 0.240 e. The Morgan fingerprint density at radius 3 is 2.63 bits per heavy atom. The molecule has 1 saturated heterocycles. The summed E-state index contributed by atoms with van der Waals surface area (Å²) >= 11 is 3.29. The summed E-state index contributed by atoms with van der Waals surface area (Å²) in [6.45, 7) is 1.19. The Morgan fingerprint density at radius 2 is 2.05 bits per heavy atom. The Morgan fingerprint density at radius 1 is 1.37 bits per heavy atom. The third-order valence-electron chi connectivity index (χ3n) is 2.98. The van der Waals surface area contributed by atoms with Gasteiger partial charge in [0.1, 0.15) is 5.75 Å². The molecule has 0 atom stereocenters. The molecule has 0 amide bonds. The van der Waals surface area contributed by atoms with Crippen molar-refractivity contribution >= 4 is 26.0 Å². The summed E-state index contributed by atoms with van der Waals surface area (Å²) in [7, 11) is -1.96. The van der Waals surface area contributed by atoms with Crippen LogP contribution in [0.3, 0.4) is 0 Å². The topological polar surface area (TPSA) is 64.6 Å². The summed E-state index contributed by atoms with van der Waals surface area (Å²) in [5.74, 6) is 0.602. The summed E-state index contributed by atoms with van der Waals surface area (Å²) in [5, 5.41) is 0. The largest absolute Gasteiger partial charge is 0.496 e. The van der Waals surface area contributed by atoms with E-state index in [0.29, 0.717) is 36.3 Å². The standard InChI is InChI=1S/C12H16BrNO4S/c1-17-12-3-2-10(8-11(12)13)19(15,16)14-9-4-6-18-7-5-9/h2-3,8-9,14H,4-7H2,1H3. The maximum Gasteiger partial charge on any atom is 0.240 e. The van der Waals surface area contributed by atoms with Crippen molar-refractivity contribution < 1.29 is 17.9 Å². The van der Waals surface area contributed by atoms with Gasteiger partial charge in [0, 0.05) is 19.3 Å². The van der Waals surface area contributed by atoms with Crippen LogP contribution >= 0.6 is 15.9 Å². The number of nitrogens with one attached hydrogen (secondary N) is 1. The predicted octanol–water partition coefficient (Wildman–Crippen LogP) is 1.91. The van der Waals surface area contributed by atoms with Crippen LogP contribution in [0.5, 0.6) is 5.75 Å². The van der Waals surface area contributed by atoms with Crippen LogP contribution in [0, 0.1) is 0 Å². The first-order valence-corrected chi connectivity index (χ1v) is 8.24. The first-order chi connectivity index (χ1) is 9.03. The third kappa shape index (κ3) is 3.68. The summed E-state index contributed by atoms with van der Waals surface area (Å²) in [6, 6.07) is 4.65. The number of halogens is 1. The molecule has 7 heteroatoms. The van der Waals surface area contributed by atoms with Crippen molar-refractivity contribution in [1.29, 1.82) is 0 Å². The van der Waals surface area contributed by atoms with Gasteiger partial charge in [-0.3, -0.25) is 0 Å². The fourth-order valence-corrected chi connectivity index (χ4v) is 3.94. The SMILES string of the molecule is COc1ccc(S(=O)(=O)NC2CCOCC2)cc1Br. The number of ether oxygens (including phenoxy) is 2. The zero-order valence-electron chi connectivity index (χ0n) is 10.6. The molecule has 0 saturated carbocycles. The third-order valence-corrected chi connectivity index (χ3v) is 5.11. The number of benzene rings is 1. The predicted molar refractivity (Wildman–Crippen MR) is 74.9 cm³/mol. The van der Waals surface area contributed by atoms with Crippen molar-refractivity contribution in [2.45, 2.75) is 23.8 Å². The number of methoxy groups -OCH3 is 1. The molecule has 2 rings (SSSR count). The molecule has 0 unspecified atom stereocenters. The molecule has 0 bridgehead atoms. The van der Waals surface area contributed by atoms with Gasteiger partial charge in [-0.05, 0) is 47.0 Å². The Balaban J connectivity index is 2.16. The summed E-state index contributed by atoms with van der Waals surface area (Å²) in [6.07, 6.45) is 1.41. The minimum atomic E-state index is -3.50. The molecule has 0 aliphatic carbocycles. The number of hydrogen-bond donors (Lipinski definition) is 1. The summed E-state index contributed by atoms with van der Waals surface area (Å²) < 4.78 is 38.1. The van der Waals surface area contributed by atoms with Crippen molar-refractivity contribution in [2.75, 3.05) is 20.3 Å². The lowest BCUT2D eigenvalue weighted by atomic mass is 10.1. The molecular formula is C12H16BrNO4S. The average Bonchev–Trinajstić information content (AvgIpc) is 2.39. The second-order valence-corrected chi connectivity index (χ2v) is 6.87. The van der Waals surface area contributed by atoms with Gasteiger partial charge in [-0.1, -0.05) is 0 Å². The van der Waals surface area contributed by atoms with E-state index in [9.17, 15) is 8.42 Å². The molecule has 5 nitrogen and oxygen atoms in total. The zero-order chi connectivity index (χ0) is 13.9. The molecule has 0 spiro atoms. The van der Waals surface area contributed by atoms with E-state index in [1.807, 2.05) is 0 Å². The van der Waals surface area contributed by atoms with Gasteiger partial charge in [0.15, 0.2) is 0 Å². The lowest BCUT2D eigenvalue weighted by molar-refractivity contribution is 0.0832. The van der Waals surface area contributed by atoms with E-state index in [4.69, 9.17) is 9.47 Å². The molecule has 1 aliphatic heterocycles. The highest BCUT2D eigenvalue weighted by Crippen LogP contribution is 2.27. The van der Waals surface area contributed by atoms with E-state index >= 15 is 0 Å². The van der Waals surface area contributed by atoms with Crippen LogP contribution in [0.1, 0.15) is 12.8 Å². The quantitative estimate of drug-likeness (QED) is 0.901. The van der Waals surface area contributed by atoms with E-state index in [0.717, 1.165) is 0 Å². The zero-order valence-corrected chi connectivity index (χ0v) is 13.0. The molecule has 1 fully saturated rings. The Bertz CT molecular complexity index is 541. The van der Waals surface area contributed by atoms with Crippen LogP contribution in [0.4, 0.5) is 0 Å². The average molecular weight is 350 g/mol. The maximum absolute atomic E-state index is 12.2. The Labute approximate surface area is 121 Å². The van der Waals surface area contributed by atoms with Crippen LogP contribution < -0.4 is 9.46 Å². The first-order valence-electron chi connectivity index (χ1n) is 5.96. The minimum Gasteiger partial charge on any atom is -0.496 e. The fourth-order valence-electron chi connectivity index (χ4n) is 1.92. The maximum atomic E-state index is 12.2. The van der Waals surface area contributed by atoms with Gasteiger partial charge in [-0.25, -0.2) is 13.1 Å². The molecule has 0 radical (unpaired) electrons. The Hall–Kier alpha value is -0.630. The van der Waals surface area contributed by atoms with Gasteiger partial charge in [0.2, 0.25) is 10.0 Å². The molecule has 1 aromatic rings. The fraction of sp³-hybridized carbons (Fsp3) is 0.500. The van der Waals surface area contributed by atoms with E-state index in [1.165, 1.54) is 13.2 Å². The van der Waals surface area contributed by atoms with Crippen LogP contribution in [0.25, 0.3) is 0 Å². The van der Waals surface area contributed by atoms with Crippen molar-refractivity contribution in [3.05, 3.63) is 22.7 Å². The lowest BCUT2D eigenvalue weighted by Gasteiger charge is -2.23. The molecular weight excluding hydrogens is 334 g/mol. The molecule has 106 valence electrons. The van der Waals surface area contributed by atoms with Gasteiger partial charge < -0.3 is 9.47 Å². The van der Waals surface area contributed by atoms with Gasteiger partial charge in [-0.15, -0.1) is 0 Å². The van der Waals surface area contributed by atoms with E-state index in [-0.39, 0.29) is 10.9 Å². The van der Waals surface area contributed by atoms with Crippen molar-refractivity contribution in [3.8, 4) is 5.75 Å². The summed E-state index contributed by atoms with van der Waals surface area (Å²) in [5.41, 5.74) is 0. The van der Waals surface area contributed by atoms with Gasteiger partial charge in [0.25, 0.3) is 0 Å². The highest BCUT2D eigenvalue weighted by Gasteiger charge is 2.22. The second kappa shape index (κ2) is 6.21. The molecule has 19 heavy (non-hydrogen) atoms. The first kappa shape index (κ1) is 14.8. The van der Waals surface area contributed by atoms with Gasteiger partial charge in [0.05, 0.1) is 16.5 Å². The van der Waals surface area contributed by atoms with Crippen LogP contribution in [-0.4, -0.2) is 34.8 Å². The Kier molecular flexibility index (Phi) is 4.83. The monoisotopic (exact) mass is 349 g/mol. The molecule has 0 aromatic heterocycles. The highest BCUT2D eigenvalue weighted by molar-refractivity contribution is 9.10. The number of rotatable bonds is 4. The van der Waals surface area contributed by atoms with Crippen LogP contribution in [0.15, 0.2) is 27.6 Å². The second-order valence-electron chi connectivity index (χ2n) is 4.30. The van der Waals surface area contributed by atoms with E-state index in [1.54, 1.807) is 12.1 Å². The molecule has 1 aromatic carbocycles. The van der Waals surface area contributed by atoms with Crippen LogP contribution in [-0.2, 0) is 14.8 Å². The normalized spacial score (nSPS) is 17.4. The number of hydrogen-bond acceptors (Lipinski definition) is 4. The molecule has 1 aliphatic rings. The van der Waals surface area contributed by atoms with Crippen LogP contribution in [0.2, 0.25) is 0 Å². The highest BCUT2D eigenvalue weighted by atomic mass is 79.9. The lowest BCUT2D eigenvalue weighted by Crippen LogP contribution is -2.38. The number of sulfonamides is 1. The summed E-state index contributed by atoms with van der Waals surface area (Å²) in [4.78, 5) is 0.228. The van der Waals surface area contributed by atoms with Crippen molar-refractivity contribution in [1.82, 2.24) is 4.72 Å². The van der Waals surface area contributed by atoms with Gasteiger partial charge in [-0.2, -0.15) is 0 Å². The van der Waals surface area contributed by atoms with E-state index in [2.05, 4.69) is 20.7 Å². The molecule has 1 heterocycles. The molecule has 1 N–H and O–H groups in total. The van der Waals surface area contributed by atoms with Crippen molar-refractivity contribution in [3.63, 3.8) is 0 Å². The minimum absolute atomic E-state index is 0.0559. The van der Waals surface area contributed by atoms with Gasteiger partial charge >= 0.3 is 0 Å². The van der Waals surface area contributed by atoms with E-state index < -0.39 is 10.0 Å².